The molecule has 0 spiro atoms. The van der Waals surface area contributed by atoms with Crippen LogP contribution in [0.5, 0.6) is 0 Å². The van der Waals surface area contributed by atoms with Gasteiger partial charge in [0.05, 0.1) is 18.1 Å². The lowest BCUT2D eigenvalue weighted by Crippen LogP contribution is -2.34. The van der Waals surface area contributed by atoms with Gasteiger partial charge in [-0.1, -0.05) is 0 Å². The summed E-state index contributed by atoms with van der Waals surface area (Å²) in [6.45, 7) is 1.39. The van der Waals surface area contributed by atoms with Gasteiger partial charge in [0.25, 0.3) is 5.91 Å². The Bertz CT molecular complexity index is 1120. The molecule has 188 valence electrons. The third-order valence-corrected chi connectivity index (χ3v) is 6.69. The number of hydrogen-bond donors (Lipinski definition) is 2. The molecule has 0 aromatic heterocycles. The Hall–Kier alpha value is -2.98. The number of aliphatic hydroxyl groups excluding tert-OH is 1. The van der Waals surface area contributed by atoms with Crippen molar-refractivity contribution in [2.75, 3.05) is 38.1 Å². The molecular formula is C25H27F4N3O3. The molecule has 0 aliphatic carbocycles. The van der Waals surface area contributed by atoms with Crippen LogP contribution in [0.2, 0.25) is 0 Å². The average Bonchev–Trinajstić information content (AvgIpc) is 3.36. The Kier molecular flexibility index (Phi) is 7.14. The summed E-state index contributed by atoms with van der Waals surface area (Å²) >= 11 is 0. The summed E-state index contributed by atoms with van der Waals surface area (Å²) in [5.41, 5.74) is 1.20. The standard InChI is InChI=1S/C25H27F4N3O3/c1-31-22-5-2-15(10-17(22)11-23(31)34)24(35)30-8-6-19(33)14-32-9-7-16(13-32)20-12-18(25(27,28)29)3-4-21(20)26/h2-5,10,12,16,19,33H,6-9,11,13-14H2,1H3,(H,30,35)/t16?,19-/m1/s1. The van der Waals surface area contributed by atoms with Gasteiger partial charge in [-0.2, -0.15) is 13.2 Å². The number of halogens is 4. The van der Waals surface area contributed by atoms with Gasteiger partial charge < -0.3 is 20.2 Å². The summed E-state index contributed by atoms with van der Waals surface area (Å²) in [6, 6.07) is 7.56. The number of β-amino-alcohol motifs (C(OH)–C–C–N with tert-alkyl or cyclic N) is 1. The number of likely N-dealkylation sites (tertiary alicyclic amines) is 1. The third-order valence-electron chi connectivity index (χ3n) is 6.69. The summed E-state index contributed by atoms with van der Waals surface area (Å²) in [7, 11) is 1.69. The number of carbonyl (C=O) groups is 2. The molecule has 6 nitrogen and oxygen atoms in total. The SMILES string of the molecule is CN1C(=O)Cc2cc(C(=O)NCC[C@@H](O)CN3CCC(c4cc(C(F)(F)F)ccc4F)C3)ccc21. The zero-order chi connectivity index (χ0) is 25.3. The van der Waals surface area contributed by atoms with Crippen molar-refractivity contribution in [1.29, 1.82) is 0 Å². The zero-order valence-electron chi connectivity index (χ0n) is 19.2. The van der Waals surface area contributed by atoms with E-state index in [0.717, 1.165) is 29.4 Å². The number of nitrogens with one attached hydrogen (secondary N) is 1. The van der Waals surface area contributed by atoms with Gasteiger partial charge in [0.2, 0.25) is 5.91 Å². The lowest BCUT2D eigenvalue weighted by atomic mass is 9.96. The van der Waals surface area contributed by atoms with Gasteiger partial charge in [-0.05, 0) is 66.9 Å². The normalized spacial score (nSPS) is 19.2. The lowest BCUT2D eigenvalue weighted by Gasteiger charge is -2.21. The summed E-state index contributed by atoms with van der Waals surface area (Å²) in [6.07, 6.45) is -4.25. The molecule has 35 heavy (non-hydrogen) atoms. The number of carbonyl (C=O) groups excluding carboxylic acids is 2. The van der Waals surface area contributed by atoms with Crippen LogP contribution >= 0.6 is 0 Å². The highest BCUT2D eigenvalue weighted by atomic mass is 19.4. The number of benzene rings is 2. The van der Waals surface area contributed by atoms with E-state index in [4.69, 9.17) is 0 Å². The van der Waals surface area contributed by atoms with E-state index in [0.29, 0.717) is 25.1 Å². The number of anilines is 1. The number of aliphatic hydroxyl groups is 1. The third kappa shape index (κ3) is 5.65. The molecule has 2 atom stereocenters. The second-order valence-corrected chi connectivity index (χ2v) is 9.15. The molecule has 1 saturated heterocycles. The first-order valence-corrected chi connectivity index (χ1v) is 11.5. The average molecular weight is 494 g/mol. The summed E-state index contributed by atoms with van der Waals surface area (Å²) in [5.74, 6) is -1.37. The van der Waals surface area contributed by atoms with Crippen LogP contribution in [0, 0.1) is 5.82 Å². The molecule has 2 aliphatic rings. The molecular weight excluding hydrogens is 466 g/mol. The largest absolute Gasteiger partial charge is 0.416 e. The number of amides is 2. The van der Waals surface area contributed by atoms with Crippen molar-refractivity contribution in [1.82, 2.24) is 10.2 Å². The van der Waals surface area contributed by atoms with E-state index in [1.54, 1.807) is 30.1 Å². The second kappa shape index (κ2) is 9.94. The van der Waals surface area contributed by atoms with Crippen LogP contribution in [0.15, 0.2) is 36.4 Å². The van der Waals surface area contributed by atoms with Crippen molar-refractivity contribution in [3.8, 4) is 0 Å². The molecule has 2 aromatic rings. The number of likely N-dealkylation sites (N-methyl/N-ethyl adjacent to an activating group) is 1. The van der Waals surface area contributed by atoms with Crippen LogP contribution in [0.4, 0.5) is 23.2 Å². The molecule has 4 rings (SSSR count). The van der Waals surface area contributed by atoms with Gasteiger partial charge in [0, 0.05) is 43.9 Å². The molecule has 2 aliphatic heterocycles. The Labute approximate surface area is 200 Å². The second-order valence-electron chi connectivity index (χ2n) is 9.15. The number of hydrogen-bond acceptors (Lipinski definition) is 4. The van der Waals surface area contributed by atoms with Crippen LogP contribution in [0.3, 0.4) is 0 Å². The van der Waals surface area contributed by atoms with Crippen molar-refractivity contribution in [3.63, 3.8) is 0 Å². The molecule has 2 aromatic carbocycles. The highest BCUT2D eigenvalue weighted by Gasteiger charge is 2.34. The predicted octanol–water partition coefficient (Wildman–Crippen LogP) is 3.33. The first-order valence-electron chi connectivity index (χ1n) is 11.5. The van der Waals surface area contributed by atoms with Crippen LogP contribution in [0.1, 0.15) is 45.8 Å². The smallest absolute Gasteiger partial charge is 0.392 e. The number of nitrogens with zero attached hydrogens (tertiary/aromatic N) is 2. The van der Waals surface area contributed by atoms with Crippen LogP contribution in [-0.4, -0.2) is 61.2 Å². The molecule has 10 heteroatoms. The minimum Gasteiger partial charge on any atom is -0.392 e. The molecule has 2 amide bonds. The Morgan fingerprint density at radius 1 is 1.23 bits per heavy atom. The minimum absolute atomic E-state index is 0.0272. The molecule has 1 unspecified atom stereocenters. The number of rotatable bonds is 7. The highest BCUT2D eigenvalue weighted by Crippen LogP contribution is 2.35. The molecule has 0 radical (unpaired) electrons. The molecule has 1 fully saturated rings. The topological polar surface area (TPSA) is 72.9 Å². The maximum absolute atomic E-state index is 14.2. The van der Waals surface area contributed by atoms with Crippen LogP contribution in [0.25, 0.3) is 0 Å². The van der Waals surface area contributed by atoms with Crippen LogP contribution < -0.4 is 10.2 Å². The van der Waals surface area contributed by atoms with Crippen LogP contribution in [-0.2, 0) is 17.4 Å². The van der Waals surface area contributed by atoms with E-state index in [9.17, 15) is 32.3 Å². The fraction of sp³-hybridized carbons (Fsp3) is 0.440. The van der Waals surface area contributed by atoms with Gasteiger partial charge in [-0.15, -0.1) is 0 Å². The summed E-state index contributed by atoms with van der Waals surface area (Å²) in [4.78, 5) is 27.7. The first kappa shape index (κ1) is 25.1. The highest BCUT2D eigenvalue weighted by molar-refractivity contribution is 6.03. The van der Waals surface area contributed by atoms with Crippen molar-refractivity contribution in [3.05, 3.63) is 64.5 Å². The minimum atomic E-state index is -4.53. The Morgan fingerprint density at radius 2 is 2.00 bits per heavy atom. The van der Waals surface area contributed by atoms with Crippen molar-refractivity contribution in [2.45, 2.75) is 37.5 Å². The monoisotopic (exact) mass is 493 g/mol. The molecule has 2 N–H and O–H groups in total. The van der Waals surface area contributed by atoms with E-state index < -0.39 is 23.7 Å². The van der Waals surface area contributed by atoms with Crippen molar-refractivity contribution >= 4 is 17.5 Å². The quantitative estimate of drug-likeness (QED) is 0.581. The molecule has 0 saturated carbocycles. The molecule has 0 bridgehead atoms. The fourth-order valence-electron chi connectivity index (χ4n) is 4.74. The van der Waals surface area contributed by atoms with E-state index >= 15 is 0 Å². The lowest BCUT2D eigenvalue weighted by molar-refractivity contribution is -0.137. The predicted molar refractivity (Wildman–Crippen MR) is 122 cm³/mol. The van der Waals surface area contributed by atoms with Gasteiger partial charge >= 0.3 is 6.18 Å². The fourth-order valence-corrected chi connectivity index (χ4v) is 4.74. The van der Waals surface area contributed by atoms with Crippen molar-refractivity contribution < 1.29 is 32.3 Å². The van der Waals surface area contributed by atoms with Gasteiger partial charge in [0.15, 0.2) is 0 Å². The van der Waals surface area contributed by atoms with E-state index in [1.165, 1.54) is 0 Å². The Balaban J connectivity index is 1.24. The van der Waals surface area contributed by atoms with E-state index in [2.05, 4.69) is 5.32 Å². The number of fused-ring (bicyclic) bond motifs is 1. The zero-order valence-corrected chi connectivity index (χ0v) is 19.2. The van der Waals surface area contributed by atoms with Crippen molar-refractivity contribution in [2.24, 2.45) is 0 Å². The Morgan fingerprint density at radius 3 is 2.74 bits per heavy atom. The van der Waals surface area contributed by atoms with E-state index in [1.807, 2.05) is 4.90 Å². The van der Waals surface area contributed by atoms with Gasteiger partial charge in [0.1, 0.15) is 5.82 Å². The number of alkyl halides is 3. The maximum Gasteiger partial charge on any atom is 0.416 e. The summed E-state index contributed by atoms with van der Waals surface area (Å²) in [5, 5.41) is 13.1. The molecule has 2 heterocycles. The maximum atomic E-state index is 14.2. The first-order chi connectivity index (χ1) is 16.5. The van der Waals surface area contributed by atoms with Gasteiger partial charge in [-0.25, -0.2) is 4.39 Å². The summed E-state index contributed by atoms with van der Waals surface area (Å²) < 4.78 is 53.2. The van der Waals surface area contributed by atoms with Gasteiger partial charge in [-0.3, -0.25) is 9.59 Å². The van der Waals surface area contributed by atoms with E-state index in [-0.39, 0.29) is 49.2 Å².